The monoisotopic (exact) mass is 319 g/mol. The molecule has 0 N–H and O–H groups in total. The summed E-state index contributed by atoms with van der Waals surface area (Å²) in [5.74, 6) is 0.0711. The van der Waals surface area contributed by atoms with Crippen LogP contribution in [0.4, 0.5) is 0 Å². The quantitative estimate of drug-likeness (QED) is 0.751. The predicted octanol–water partition coefficient (Wildman–Crippen LogP) is 1.78. The van der Waals surface area contributed by atoms with Gasteiger partial charge in [0.05, 0.1) is 4.75 Å². The molecular formula is C16H17NO4S. The van der Waals surface area contributed by atoms with E-state index < -0.39 is 21.2 Å². The summed E-state index contributed by atoms with van der Waals surface area (Å²) in [6.45, 7) is 4.49. The van der Waals surface area contributed by atoms with Crippen molar-refractivity contribution in [1.82, 2.24) is 4.90 Å². The van der Waals surface area contributed by atoms with Gasteiger partial charge in [-0.15, -0.1) is 0 Å². The molecule has 6 heteroatoms. The first-order valence-corrected chi connectivity index (χ1v) is 8.41. The predicted molar refractivity (Wildman–Crippen MR) is 85.5 cm³/mol. The lowest BCUT2D eigenvalue weighted by Crippen LogP contribution is -2.52. The van der Waals surface area contributed by atoms with Gasteiger partial charge in [0, 0.05) is 35.0 Å². The van der Waals surface area contributed by atoms with Crippen molar-refractivity contribution < 1.29 is 13.4 Å². The van der Waals surface area contributed by atoms with Crippen molar-refractivity contribution in [3.8, 4) is 0 Å². The molecule has 0 radical (unpaired) electrons. The van der Waals surface area contributed by atoms with E-state index >= 15 is 0 Å². The first-order chi connectivity index (χ1) is 10.4. The van der Waals surface area contributed by atoms with E-state index in [9.17, 15) is 13.8 Å². The number of hydrogen-bond donors (Lipinski definition) is 0. The lowest BCUT2D eigenvalue weighted by atomic mass is 10.1. The first-order valence-electron chi connectivity index (χ1n) is 7.09. The van der Waals surface area contributed by atoms with Crippen molar-refractivity contribution in [1.29, 1.82) is 0 Å². The number of carbonyl (C=O) groups excluding carboxylic acids is 1. The van der Waals surface area contributed by atoms with Crippen LogP contribution in [0.3, 0.4) is 0 Å². The van der Waals surface area contributed by atoms with Gasteiger partial charge >= 0.3 is 5.63 Å². The maximum atomic E-state index is 12.6. The Labute approximate surface area is 130 Å². The van der Waals surface area contributed by atoms with E-state index in [0.717, 1.165) is 0 Å². The van der Waals surface area contributed by atoms with Gasteiger partial charge in [-0.2, -0.15) is 0 Å². The standard InChI is InChI=1S/C16H17NO4S/c1-16(2)10-17(7-8-22(16)20)14(18)12-9-11-5-3-4-6-13(11)21-15(12)19/h3-6,9H,7-8,10H2,1-2H3. The molecule has 1 atom stereocenters. The summed E-state index contributed by atoms with van der Waals surface area (Å²) in [5.41, 5.74) is -0.139. The van der Waals surface area contributed by atoms with Crippen LogP contribution in [-0.2, 0) is 10.8 Å². The molecule has 1 aromatic carbocycles. The molecular weight excluding hydrogens is 302 g/mol. The molecule has 5 nitrogen and oxygen atoms in total. The Morgan fingerprint density at radius 1 is 1.32 bits per heavy atom. The highest BCUT2D eigenvalue weighted by molar-refractivity contribution is 7.86. The number of para-hydroxylation sites is 1. The third-order valence-corrected chi connectivity index (χ3v) is 5.81. The summed E-state index contributed by atoms with van der Waals surface area (Å²) in [6.07, 6.45) is 0. The highest BCUT2D eigenvalue weighted by atomic mass is 32.2. The summed E-state index contributed by atoms with van der Waals surface area (Å²) < 4.78 is 16.7. The fraction of sp³-hybridized carbons (Fsp3) is 0.375. The van der Waals surface area contributed by atoms with E-state index in [4.69, 9.17) is 4.42 Å². The van der Waals surface area contributed by atoms with Gasteiger partial charge in [-0.25, -0.2) is 4.79 Å². The van der Waals surface area contributed by atoms with Crippen molar-refractivity contribution in [3.05, 3.63) is 46.3 Å². The van der Waals surface area contributed by atoms with Crippen LogP contribution in [0.15, 0.2) is 39.5 Å². The molecule has 0 aliphatic carbocycles. The molecule has 0 bridgehead atoms. The number of nitrogens with zero attached hydrogens (tertiary/aromatic N) is 1. The second-order valence-corrected chi connectivity index (χ2v) is 8.23. The molecule has 1 amide bonds. The Morgan fingerprint density at radius 2 is 2.05 bits per heavy atom. The molecule has 22 heavy (non-hydrogen) atoms. The Balaban J connectivity index is 1.97. The maximum Gasteiger partial charge on any atom is 0.349 e. The van der Waals surface area contributed by atoms with E-state index in [1.165, 1.54) is 0 Å². The molecule has 0 saturated carbocycles. The number of carbonyl (C=O) groups is 1. The van der Waals surface area contributed by atoms with E-state index in [2.05, 4.69) is 0 Å². The molecule has 0 spiro atoms. The topological polar surface area (TPSA) is 67.6 Å². The maximum absolute atomic E-state index is 12.6. The Morgan fingerprint density at radius 3 is 2.77 bits per heavy atom. The third kappa shape index (κ3) is 2.59. The molecule has 1 aromatic heterocycles. The Hall–Kier alpha value is -1.95. The number of benzene rings is 1. The summed E-state index contributed by atoms with van der Waals surface area (Å²) >= 11 is 0. The van der Waals surface area contributed by atoms with E-state index in [-0.39, 0.29) is 11.5 Å². The molecule has 1 aliphatic rings. The Bertz CT molecular complexity index is 824. The fourth-order valence-electron chi connectivity index (χ4n) is 2.63. The number of rotatable bonds is 1. The molecule has 1 fully saturated rings. The zero-order chi connectivity index (χ0) is 15.9. The van der Waals surface area contributed by atoms with E-state index in [1.807, 2.05) is 19.9 Å². The van der Waals surface area contributed by atoms with Crippen LogP contribution >= 0.6 is 0 Å². The van der Waals surface area contributed by atoms with Crippen LogP contribution in [0.2, 0.25) is 0 Å². The molecule has 3 rings (SSSR count). The van der Waals surface area contributed by atoms with Gasteiger partial charge in [0.1, 0.15) is 11.1 Å². The normalized spacial score (nSPS) is 21.0. The van der Waals surface area contributed by atoms with E-state index in [0.29, 0.717) is 29.8 Å². The first kappa shape index (κ1) is 15.0. The summed E-state index contributed by atoms with van der Waals surface area (Å²) in [7, 11) is -0.967. The molecule has 1 saturated heterocycles. The second kappa shape index (κ2) is 5.35. The molecule has 2 heterocycles. The van der Waals surface area contributed by atoms with Crippen LogP contribution in [-0.4, -0.2) is 38.6 Å². The zero-order valence-electron chi connectivity index (χ0n) is 12.5. The fourth-order valence-corrected chi connectivity index (χ4v) is 3.87. The van der Waals surface area contributed by atoms with Gasteiger partial charge in [-0.1, -0.05) is 18.2 Å². The Kier molecular flexibility index (Phi) is 3.64. The highest BCUT2D eigenvalue weighted by Gasteiger charge is 2.36. The molecule has 1 unspecified atom stereocenters. The molecule has 1 aliphatic heterocycles. The van der Waals surface area contributed by atoms with Gasteiger partial charge in [0.2, 0.25) is 0 Å². The second-order valence-electron chi connectivity index (χ2n) is 6.02. The van der Waals surface area contributed by atoms with Gasteiger partial charge in [-0.3, -0.25) is 9.00 Å². The lowest BCUT2D eigenvalue weighted by Gasteiger charge is -2.37. The van der Waals surface area contributed by atoms with Crippen molar-refractivity contribution in [2.75, 3.05) is 18.8 Å². The minimum atomic E-state index is -0.967. The van der Waals surface area contributed by atoms with Crippen LogP contribution in [0.5, 0.6) is 0 Å². The van der Waals surface area contributed by atoms with Crippen molar-refractivity contribution in [3.63, 3.8) is 0 Å². The van der Waals surface area contributed by atoms with Crippen LogP contribution in [0, 0.1) is 0 Å². The highest BCUT2D eigenvalue weighted by Crippen LogP contribution is 2.22. The largest absolute Gasteiger partial charge is 0.422 e. The van der Waals surface area contributed by atoms with Crippen molar-refractivity contribution in [2.45, 2.75) is 18.6 Å². The van der Waals surface area contributed by atoms with Gasteiger partial charge in [0.15, 0.2) is 0 Å². The molecule has 2 aromatic rings. The smallest absolute Gasteiger partial charge is 0.349 e. The minimum Gasteiger partial charge on any atom is -0.422 e. The van der Waals surface area contributed by atoms with Crippen molar-refractivity contribution >= 4 is 27.7 Å². The van der Waals surface area contributed by atoms with Crippen molar-refractivity contribution in [2.24, 2.45) is 0 Å². The average molecular weight is 319 g/mol. The van der Waals surface area contributed by atoms with Gasteiger partial charge in [-0.05, 0) is 26.0 Å². The SMILES string of the molecule is CC1(C)CN(C(=O)c2cc3ccccc3oc2=O)CCS1=O. The lowest BCUT2D eigenvalue weighted by molar-refractivity contribution is 0.0741. The molecule has 116 valence electrons. The van der Waals surface area contributed by atoms with Gasteiger partial charge in [0.25, 0.3) is 5.91 Å². The van der Waals surface area contributed by atoms with E-state index in [1.54, 1.807) is 29.2 Å². The van der Waals surface area contributed by atoms with Crippen LogP contribution in [0.25, 0.3) is 11.0 Å². The number of hydrogen-bond acceptors (Lipinski definition) is 4. The summed E-state index contributed by atoms with van der Waals surface area (Å²) in [4.78, 5) is 26.3. The number of amides is 1. The minimum absolute atomic E-state index is 0.0298. The zero-order valence-corrected chi connectivity index (χ0v) is 13.3. The summed E-state index contributed by atoms with van der Waals surface area (Å²) in [6, 6.07) is 8.66. The van der Waals surface area contributed by atoms with Crippen LogP contribution in [0.1, 0.15) is 24.2 Å². The number of fused-ring (bicyclic) bond motifs is 1. The summed E-state index contributed by atoms with van der Waals surface area (Å²) in [5, 5.41) is 0.713. The average Bonchev–Trinajstić information content (AvgIpc) is 2.48. The third-order valence-electron chi connectivity index (χ3n) is 3.89. The van der Waals surface area contributed by atoms with Crippen LogP contribution < -0.4 is 5.63 Å². The van der Waals surface area contributed by atoms with Gasteiger partial charge < -0.3 is 9.32 Å².